The van der Waals surface area contributed by atoms with Crippen molar-refractivity contribution >= 4 is 17.5 Å². The molecule has 2 aromatic carbocycles. The summed E-state index contributed by atoms with van der Waals surface area (Å²) in [5, 5.41) is 0. The summed E-state index contributed by atoms with van der Waals surface area (Å²) < 4.78 is 27.8. The number of carbonyl (C=O) groups excluding carboxylic acids is 2. The van der Waals surface area contributed by atoms with Crippen LogP contribution in [0.2, 0.25) is 0 Å². The first kappa shape index (κ1) is 28.8. The molecule has 0 spiro atoms. The van der Waals surface area contributed by atoms with Crippen LogP contribution < -0.4 is 4.90 Å². The largest absolute Gasteiger partial charge is 0.338 e. The fourth-order valence-corrected chi connectivity index (χ4v) is 4.92. The van der Waals surface area contributed by atoms with Crippen LogP contribution in [-0.2, 0) is 22.6 Å². The van der Waals surface area contributed by atoms with E-state index < -0.39 is 5.82 Å². The van der Waals surface area contributed by atoms with Crippen molar-refractivity contribution in [3.63, 3.8) is 0 Å². The molecule has 0 saturated heterocycles. The highest BCUT2D eigenvalue weighted by Gasteiger charge is 2.24. The molecular formula is C30H41F2N3O2. The Labute approximate surface area is 220 Å². The van der Waals surface area contributed by atoms with E-state index in [1.54, 1.807) is 28.0 Å². The number of amides is 2. The van der Waals surface area contributed by atoms with Gasteiger partial charge in [0.2, 0.25) is 11.8 Å². The first-order valence-corrected chi connectivity index (χ1v) is 13.5. The van der Waals surface area contributed by atoms with Gasteiger partial charge in [0, 0.05) is 38.3 Å². The Kier molecular flexibility index (Phi) is 10.6. The highest BCUT2D eigenvalue weighted by molar-refractivity contribution is 5.94. The Hall–Kier alpha value is -2.80. The summed E-state index contributed by atoms with van der Waals surface area (Å²) in [6, 6.07) is 10.4. The number of fused-ring (bicyclic) bond motifs is 1. The normalized spacial score (nSPS) is 15.9. The second kappa shape index (κ2) is 13.7. The summed E-state index contributed by atoms with van der Waals surface area (Å²) in [6.07, 6.45) is 2.15. The van der Waals surface area contributed by atoms with Crippen molar-refractivity contribution in [3.8, 4) is 0 Å². The molecule has 37 heavy (non-hydrogen) atoms. The molecule has 0 bridgehead atoms. The third-order valence-electron chi connectivity index (χ3n) is 6.58. The molecule has 1 heterocycles. The van der Waals surface area contributed by atoms with E-state index in [4.69, 9.17) is 0 Å². The number of anilines is 1. The van der Waals surface area contributed by atoms with Gasteiger partial charge in [-0.1, -0.05) is 39.8 Å². The van der Waals surface area contributed by atoms with Crippen molar-refractivity contribution in [2.75, 3.05) is 37.6 Å². The van der Waals surface area contributed by atoms with Crippen LogP contribution in [0.15, 0.2) is 42.5 Å². The molecule has 0 unspecified atom stereocenters. The Morgan fingerprint density at radius 2 is 1.46 bits per heavy atom. The van der Waals surface area contributed by atoms with Crippen molar-refractivity contribution < 1.29 is 18.4 Å². The Morgan fingerprint density at radius 3 is 2.11 bits per heavy atom. The summed E-state index contributed by atoms with van der Waals surface area (Å²) in [4.78, 5) is 32.7. The van der Waals surface area contributed by atoms with Crippen LogP contribution in [0.5, 0.6) is 0 Å². The minimum atomic E-state index is -0.392. The highest BCUT2D eigenvalue weighted by atomic mass is 19.1. The van der Waals surface area contributed by atoms with Gasteiger partial charge in [-0.25, -0.2) is 8.78 Å². The fraction of sp³-hybridized carbons (Fsp3) is 0.533. The number of hydrogen-bond acceptors (Lipinski definition) is 3. The summed E-state index contributed by atoms with van der Waals surface area (Å²) in [6.45, 7) is 12.3. The maximum atomic E-state index is 14.4. The third-order valence-corrected chi connectivity index (χ3v) is 6.58. The SMILES string of the molecule is CC(C)CC(=O)N1CCCN(CC(C)C)CCCN(C(=O)Cc2ccc(F)cc2)Cc2cc(F)ccc21. The molecule has 7 heteroatoms. The number of hydrogen-bond donors (Lipinski definition) is 0. The average Bonchev–Trinajstić information content (AvgIpc) is 2.81. The van der Waals surface area contributed by atoms with Crippen molar-refractivity contribution in [2.24, 2.45) is 11.8 Å². The second-order valence-electron chi connectivity index (χ2n) is 10.9. The van der Waals surface area contributed by atoms with E-state index in [0.717, 1.165) is 38.0 Å². The molecule has 0 aromatic heterocycles. The first-order chi connectivity index (χ1) is 17.6. The van der Waals surface area contributed by atoms with E-state index in [1.165, 1.54) is 24.3 Å². The Bertz CT molecular complexity index is 1040. The zero-order valence-electron chi connectivity index (χ0n) is 22.7. The molecule has 0 saturated carbocycles. The standard InChI is InChI=1S/C30H41F2N3O2/c1-22(2)17-30(37)35-16-6-14-33(20-23(3)4)13-5-15-34(21-25-19-27(32)11-12-28(25)35)29(36)18-24-7-9-26(31)10-8-24/h7-12,19,22-23H,5-6,13-18,20-21H2,1-4H3. The van der Waals surface area contributed by atoms with Crippen molar-refractivity contribution in [3.05, 3.63) is 65.2 Å². The Balaban J connectivity index is 1.95. The summed E-state index contributed by atoms with van der Waals surface area (Å²) >= 11 is 0. The molecular weight excluding hydrogens is 472 g/mol. The zero-order valence-corrected chi connectivity index (χ0v) is 22.7. The van der Waals surface area contributed by atoms with Gasteiger partial charge >= 0.3 is 0 Å². The van der Waals surface area contributed by atoms with Crippen LogP contribution in [0.1, 0.15) is 58.1 Å². The van der Waals surface area contributed by atoms with Crippen LogP contribution in [-0.4, -0.2) is 54.3 Å². The summed E-state index contributed by atoms with van der Waals surface area (Å²) in [5.41, 5.74) is 2.03. The monoisotopic (exact) mass is 513 g/mol. The van der Waals surface area contributed by atoms with E-state index in [9.17, 15) is 18.4 Å². The van der Waals surface area contributed by atoms with Crippen molar-refractivity contribution in [2.45, 2.75) is 59.9 Å². The van der Waals surface area contributed by atoms with Gasteiger partial charge in [-0.2, -0.15) is 0 Å². The molecule has 202 valence electrons. The van der Waals surface area contributed by atoms with Gasteiger partial charge in [0.05, 0.1) is 6.42 Å². The molecule has 2 aromatic rings. The first-order valence-electron chi connectivity index (χ1n) is 13.5. The van der Waals surface area contributed by atoms with Gasteiger partial charge in [-0.3, -0.25) is 9.59 Å². The Morgan fingerprint density at radius 1 is 0.811 bits per heavy atom. The quantitative estimate of drug-likeness (QED) is 0.500. The minimum absolute atomic E-state index is 0.0134. The average molecular weight is 514 g/mol. The predicted molar refractivity (Wildman–Crippen MR) is 144 cm³/mol. The molecule has 0 fully saturated rings. The van der Waals surface area contributed by atoms with Gasteiger partial charge in [0.1, 0.15) is 11.6 Å². The lowest BCUT2D eigenvalue weighted by molar-refractivity contribution is -0.131. The molecule has 0 radical (unpaired) electrons. The summed E-state index contributed by atoms with van der Waals surface area (Å²) in [7, 11) is 0. The zero-order chi connectivity index (χ0) is 26.9. The van der Waals surface area contributed by atoms with Crippen molar-refractivity contribution in [1.29, 1.82) is 0 Å². The van der Waals surface area contributed by atoms with Gasteiger partial charge in [0.25, 0.3) is 0 Å². The number of carbonyl (C=O) groups is 2. The van der Waals surface area contributed by atoms with Gasteiger partial charge in [-0.05, 0) is 79.2 Å². The van der Waals surface area contributed by atoms with Crippen LogP contribution in [0.4, 0.5) is 14.5 Å². The van der Waals surface area contributed by atoms with Crippen LogP contribution >= 0.6 is 0 Å². The van der Waals surface area contributed by atoms with Crippen molar-refractivity contribution in [1.82, 2.24) is 9.80 Å². The molecule has 1 aliphatic heterocycles. The maximum Gasteiger partial charge on any atom is 0.227 e. The fourth-order valence-electron chi connectivity index (χ4n) is 4.92. The van der Waals surface area contributed by atoms with E-state index in [1.807, 2.05) is 13.8 Å². The topological polar surface area (TPSA) is 43.9 Å². The smallest absolute Gasteiger partial charge is 0.227 e. The molecule has 5 nitrogen and oxygen atoms in total. The number of nitrogens with zero attached hydrogens (tertiary/aromatic N) is 3. The van der Waals surface area contributed by atoms with E-state index in [2.05, 4.69) is 18.7 Å². The predicted octanol–water partition coefficient (Wildman–Crippen LogP) is 5.67. The molecule has 0 atom stereocenters. The molecule has 0 N–H and O–H groups in total. The van der Waals surface area contributed by atoms with E-state index >= 15 is 0 Å². The molecule has 2 amide bonds. The third kappa shape index (κ3) is 8.92. The lowest BCUT2D eigenvalue weighted by atomic mass is 10.1. The molecule has 3 rings (SSSR count). The minimum Gasteiger partial charge on any atom is -0.338 e. The van der Waals surface area contributed by atoms with Crippen LogP contribution in [0.25, 0.3) is 0 Å². The lowest BCUT2D eigenvalue weighted by Gasteiger charge is -2.32. The number of benzene rings is 2. The number of halogens is 2. The lowest BCUT2D eigenvalue weighted by Crippen LogP contribution is -2.40. The van der Waals surface area contributed by atoms with Crippen LogP contribution in [0, 0.1) is 23.5 Å². The van der Waals surface area contributed by atoms with E-state index in [-0.39, 0.29) is 36.5 Å². The van der Waals surface area contributed by atoms with Gasteiger partial charge in [-0.15, -0.1) is 0 Å². The van der Waals surface area contributed by atoms with Gasteiger partial charge in [0.15, 0.2) is 0 Å². The maximum absolute atomic E-state index is 14.4. The van der Waals surface area contributed by atoms with E-state index in [0.29, 0.717) is 36.7 Å². The molecule has 0 aliphatic carbocycles. The number of rotatable bonds is 6. The highest BCUT2D eigenvalue weighted by Crippen LogP contribution is 2.26. The molecule has 1 aliphatic rings. The summed E-state index contributed by atoms with van der Waals surface area (Å²) in [5.74, 6) is -0.121. The second-order valence-corrected chi connectivity index (χ2v) is 10.9. The van der Waals surface area contributed by atoms with Crippen LogP contribution in [0.3, 0.4) is 0 Å². The van der Waals surface area contributed by atoms with Gasteiger partial charge < -0.3 is 14.7 Å².